The van der Waals surface area contributed by atoms with Crippen molar-refractivity contribution < 1.29 is 41.5 Å². The van der Waals surface area contributed by atoms with E-state index in [1.807, 2.05) is 0 Å². The third-order valence-corrected chi connectivity index (χ3v) is 0.183. The Morgan fingerprint density at radius 2 is 1.14 bits per heavy atom. The second-order valence-electron chi connectivity index (χ2n) is 0.610. The molecule has 0 rings (SSSR count). The van der Waals surface area contributed by atoms with Gasteiger partial charge in [-0.15, -0.1) is 0 Å². The molecule has 0 atom stereocenters. The molecule has 0 bridgehead atoms. The molecule has 2 N–H and O–H groups in total. The van der Waals surface area contributed by atoms with E-state index >= 15 is 0 Å². The summed E-state index contributed by atoms with van der Waals surface area (Å²) in [6.07, 6.45) is 0. The van der Waals surface area contributed by atoms with Crippen LogP contribution in [0.4, 0.5) is 0 Å². The van der Waals surface area contributed by atoms with Gasteiger partial charge in [0, 0.05) is 21.7 Å². The van der Waals surface area contributed by atoms with Crippen molar-refractivity contribution in [3.8, 4) is 0 Å². The van der Waals surface area contributed by atoms with Gasteiger partial charge in [0.15, 0.2) is 0 Å². The molecule has 0 aromatic carbocycles. The molecular formula is C2H2O4Ti. The van der Waals surface area contributed by atoms with Crippen LogP contribution in [0.5, 0.6) is 0 Å². The number of carboxylic acid groups (broad SMARTS) is 2. The standard InChI is InChI=1S/C2H2O4.Ti/c3-1(4)2(5)6;/h(H,3,4)(H,5,6);. The molecule has 0 aromatic rings. The summed E-state index contributed by atoms with van der Waals surface area (Å²) in [6, 6.07) is 0. The van der Waals surface area contributed by atoms with Crippen molar-refractivity contribution in [1.82, 2.24) is 0 Å². The Balaban J connectivity index is 0. The average Bonchev–Trinajstić information content (AvgIpc) is 1.36. The summed E-state index contributed by atoms with van der Waals surface area (Å²) in [7, 11) is 0. The second-order valence-corrected chi connectivity index (χ2v) is 0.610. The largest absolute Gasteiger partial charge is 0.473 e. The molecule has 0 fully saturated rings. The molecule has 0 radical (unpaired) electrons. The van der Waals surface area contributed by atoms with E-state index in [0.717, 1.165) is 0 Å². The van der Waals surface area contributed by atoms with Crippen molar-refractivity contribution in [1.29, 1.82) is 0 Å². The van der Waals surface area contributed by atoms with E-state index in [4.69, 9.17) is 19.8 Å². The number of rotatable bonds is 0. The monoisotopic (exact) mass is 138 g/mol. The van der Waals surface area contributed by atoms with Crippen LogP contribution in [-0.4, -0.2) is 22.2 Å². The zero-order valence-corrected chi connectivity index (χ0v) is 4.77. The SMILES string of the molecule is O=C(O)C(=O)O.[Ti]. The fraction of sp³-hybridized carbons (Fsp3) is 0. The minimum atomic E-state index is -1.82. The summed E-state index contributed by atoms with van der Waals surface area (Å²) in [5.74, 6) is -3.65. The maximum absolute atomic E-state index is 9.10. The smallest absolute Gasteiger partial charge is 0.414 e. The van der Waals surface area contributed by atoms with Crippen LogP contribution < -0.4 is 0 Å². The molecule has 0 aliphatic carbocycles. The first-order chi connectivity index (χ1) is 2.64. The van der Waals surface area contributed by atoms with Gasteiger partial charge in [-0.1, -0.05) is 0 Å². The molecule has 0 saturated heterocycles. The van der Waals surface area contributed by atoms with E-state index in [9.17, 15) is 0 Å². The van der Waals surface area contributed by atoms with Gasteiger partial charge in [0.05, 0.1) is 0 Å². The van der Waals surface area contributed by atoms with Gasteiger partial charge in [0.25, 0.3) is 0 Å². The van der Waals surface area contributed by atoms with Gasteiger partial charge in [-0.3, -0.25) is 0 Å². The third-order valence-electron chi connectivity index (χ3n) is 0.183. The first-order valence-electron chi connectivity index (χ1n) is 1.11. The van der Waals surface area contributed by atoms with Crippen molar-refractivity contribution >= 4 is 11.9 Å². The van der Waals surface area contributed by atoms with E-state index in [1.165, 1.54) is 0 Å². The number of hydrogen-bond acceptors (Lipinski definition) is 2. The summed E-state index contributed by atoms with van der Waals surface area (Å²) >= 11 is 0. The van der Waals surface area contributed by atoms with Crippen LogP contribution in [0.15, 0.2) is 0 Å². The molecule has 0 amide bonds. The molecule has 0 unspecified atom stereocenters. The minimum Gasteiger partial charge on any atom is -0.473 e. The van der Waals surface area contributed by atoms with Gasteiger partial charge in [-0.05, 0) is 0 Å². The Morgan fingerprint density at radius 3 is 1.14 bits per heavy atom. The summed E-state index contributed by atoms with van der Waals surface area (Å²) in [6.45, 7) is 0. The van der Waals surface area contributed by atoms with Crippen LogP contribution in [0.1, 0.15) is 0 Å². The van der Waals surface area contributed by atoms with E-state index < -0.39 is 11.9 Å². The Morgan fingerprint density at radius 1 is 1.00 bits per heavy atom. The molecule has 0 spiro atoms. The maximum Gasteiger partial charge on any atom is 0.414 e. The maximum atomic E-state index is 9.10. The summed E-state index contributed by atoms with van der Waals surface area (Å²) in [5, 5.41) is 14.8. The fourth-order valence-corrected chi connectivity index (χ4v) is 0. The summed E-state index contributed by atoms with van der Waals surface area (Å²) in [5.41, 5.74) is 0. The van der Waals surface area contributed by atoms with E-state index in [2.05, 4.69) is 0 Å². The Labute approximate surface area is 54.0 Å². The van der Waals surface area contributed by atoms with Crippen molar-refractivity contribution in [2.75, 3.05) is 0 Å². The van der Waals surface area contributed by atoms with E-state index in [0.29, 0.717) is 0 Å². The second kappa shape index (κ2) is 3.83. The number of hydrogen-bond donors (Lipinski definition) is 2. The van der Waals surface area contributed by atoms with Crippen molar-refractivity contribution in [3.05, 3.63) is 0 Å². The molecule has 38 valence electrons. The number of carbonyl (C=O) groups is 2. The molecule has 0 saturated carbocycles. The van der Waals surface area contributed by atoms with Gasteiger partial charge < -0.3 is 10.2 Å². The predicted molar refractivity (Wildman–Crippen MR) is 15.3 cm³/mol. The van der Waals surface area contributed by atoms with Crippen LogP contribution in [0.2, 0.25) is 0 Å². The van der Waals surface area contributed by atoms with E-state index in [-0.39, 0.29) is 21.7 Å². The first kappa shape index (κ1) is 9.82. The minimum absolute atomic E-state index is 0. The molecule has 0 aliphatic heterocycles. The van der Waals surface area contributed by atoms with Gasteiger partial charge in [0.2, 0.25) is 0 Å². The molecule has 0 aliphatic rings. The van der Waals surface area contributed by atoms with Crippen LogP contribution in [0.25, 0.3) is 0 Å². The third kappa shape index (κ3) is 5.65. The zero-order valence-electron chi connectivity index (χ0n) is 3.21. The molecule has 4 nitrogen and oxygen atoms in total. The van der Waals surface area contributed by atoms with Crippen LogP contribution >= 0.6 is 0 Å². The van der Waals surface area contributed by atoms with Gasteiger partial charge >= 0.3 is 11.9 Å². The molecule has 5 heteroatoms. The number of aliphatic carboxylic acids is 2. The van der Waals surface area contributed by atoms with Crippen molar-refractivity contribution in [3.63, 3.8) is 0 Å². The van der Waals surface area contributed by atoms with Gasteiger partial charge in [0.1, 0.15) is 0 Å². The molecule has 0 heterocycles. The Kier molecular flexibility index (Phi) is 5.38. The first-order valence-corrected chi connectivity index (χ1v) is 1.11. The van der Waals surface area contributed by atoms with E-state index in [1.54, 1.807) is 0 Å². The van der Waals surface area contributed by atoms with Crippen molar-refractivity contribution in [2.24, 2.45) is 0 Å². The Bertz CT molecular complexity index is 75.7. The normalized spacial score (nSPS) is 6.29. The molecule has 0 aromatic heterocycles. The number of carboxylic acids is 2. The topological polar surface area (TPSA) is 74.6 Å². The predicted octanol–water partition coefficient (Wildman–Crippen LogP) is -0.847. The van der Waals surface area contributed by atoms with Gasteiger partial charge in [-0.25, -0.2) is 9.59 Å². The fourth-order valence-electron chi connectivity index (χ4n) is 0. The van der Waals surface area contributed by atoms with Gasteiger partial charge in [-0.2, -0.15) is 0 Å². The van der Waals surface area contributed by atoms with Crippen LogP contribution in [0.3, 0.4) is 0 Å². The Hall–Kier alpha value is -0.346. The zero-order chi connectivity index (χ0) is 5.15. The summed E-state index contributed by atoms with van der Waals surface area (Å²) < 4.78 is 0. The van der Waals surface area contributed by atoms with Crippen LogP contribution in [-0.2, 0) is 31.3 Å². The van der Waals surface area contributed by atoms with Crippen LogP contribution in [0, 0.1) is 0 Å². The van der Waals surface area contributed by atoms with Crippen molar-refractivity contribution in [2.45, 2.75) is 0 Å². The molecular weight excluding hydrogens is 136 g/mol. The quantitative estimate of drug-likeness (QED) is 0.337. The summed E-state index contributed by atoms with van der Waals surface area (Å²) in [4.78, 5) is 18.2. The average molecular weight is 138 g/mol. The molecule has 7 heavy (non-hydrogen) atoms.